The molecule has 4 aliphatic carbocycles. The van der Waals surface area contributed by atoms with Crippen LogP contribution in [0.5, 0.6) is 0 Å². The van der Waals surface area contributed by atoms with Gasteiger partial charge in [-0.2, -0.15) is 0 Å². The third kappa shape index (κ3) is 13.0. The van der Waals surface area contributed by atoms with Gasteiger partial charge >= 0.3 is 5.97 Å². The number of carbonyl (C=O) groups excluding carboxylic acids is 1. The molecule has 0 aromatic rings. The molecule has 0 heterocycles. The largest absolute Gasteiger partial charge is 0.462 e. The minimum atomic E-state index is 0.0946. The molecule has 298 valence electrons. The number of fused-ring (bicyclic) bond motifs is 5. The predicted molar refractivity (Wildman–Crippen MR) is 221 cm³/mol. The zero-order valence-electron chi connectivity index (χ0n) is 35.6. The van der Waals surface area contributed by atoms with Crippen molar-refractivity contribution in [3.05, 3.63) is 0 Å². The second-order valence-corrected chi connectivity index (χ2v) is 20.2. The maximum atomic E-state index is 12.9. The van der Waals surface area contributed by atoms with Crippen molar-refractivity contribution in [1.82, 2.24) is 0 Å². The fourth-order valence-corrected chi connectivity index (χ4v) is 12.9. The zero-order valence-corrected chi connectivity index (χ0v) is 35.6. The molecule has 4 aliphatic rings. The van der Waals surface area contributed by atoms with Crippen molar-refractivity contribution in [1.29, 1.82) is 0 Å². The van der Waals surface area contributed by atoms with Crippen molar-refractivity contribution in [3.63, 3.8) is 0 Å². The Morgan fingerprint density at radius 2 is 1.12 bits per heavy atom. The van der Waals surface area contributed by atoms with Crippen LogP contribution in [0.2, 0.25) is 0 Å². The van der Waals surface area contributed by atoms with Crippen molar-refractivity contribution < 1.29 is 9.53 Å². The van der Waals surface area contributed by atoms with Crippen molar-refractivity contribution >= 4 is 5.97 Å². The van der Waals surface area contributed by atoms with Gasteiger partial charge < -0.3 is 4.74 Å². The molecule has 51 heavy (non-hydrogen) atoms. The van der Waals surface area contributed by atoms with Gasteiger partial charge in [0.05, 0.1) is 0 Å². The van der Waals surface area contributed by atoms with Gasteiger partial charge in [-0.1, -0.05) is 176 Å². The average molecular weight is 711 g/mol. The Morgan fingerprint density at radius 3 is 1.69 bits per heavy atom. The van der Waals surface area contributed by atoms with Crippen LogP contribution < -0.4 is 0 Å². The van der Waals surface area contributed by atoms with Gasteiger partial charge in [0.25, 0.3) is 0 Å². The Labute approximate surface area is 320 Å². The smallest absolute Gasteiger partial charge is 0.306 e. The lowest BCUT2D eigenvalue weighted by molar-refractivity contribution is -0.162. The molecule has 0 aromatic heterocycles. The van der Waals surface area contributed by atoms with Gasteiger partial charge in [0, 0.05) is 6.42 Å². The van der Waals surface area contributed by atoms with E-state index in [1.807, 2.05) is 0 Å². The van der Waals surface area contributed by atoms with Crippen LogP contribution >= 0.6 is 0 Å². The third-order valence-corrected chi connectivity index (χ3v) is 16.1. The van der Waals surface area contributed by atoms with Crippen molar-refractivity contribution in [2.75, 3.05) is 0 Å². The molecule has 9 atom stereocenters. The molecule has 2 heteroatoms. The highest BCUT2D eigenvalue weighted by molar-refractivity contribution is 5.69. The number of unbranched alkanes of at least 4 members (excludes halogenated alkanes) is 18. The molecule has 0 radical (unpaired) electrons. The summed E-state index contributed by atoms with van der Waals surface area (Å²) in [5.41, 5.74) is 1.06. The van der Waals surface area contributed by atoms with Crippen LogP contribution in [0.1, 0.15) is 247 Å². The molecule has 0 aliphatic heterocycles. The second kappa shape index (κ2) is 22.8. The van der Waals surface area contributed by atoms with Gasteiger partial charge in [-0.15, -0.1) is 0 Å². The van der Waals surface area contributed by atoms with E-state index < -0.39 is 0 Å². The number of hydrogen-bond acceptors (Lipinski definition) is 2. The van der Waals surface area contributed by atoms with Crippen molar-refractivity contribution in [2.45, 2.75) is 253 Å². The summed E-state index contributed by atoms with van der Waals surface area (Å²) in [6.45, 7) is 15.1. The molecular formula is C49H90O2. The Morgan fingerprint density at radius 1 is 0.588 bits per heavy atom. The van der Waals surface area contributed by atoms with Gasteiger partial charge in [-0.25, -0.2) is 0 Å². The second-order valence-electron chi connectivity index (χ2n) is 20.2. The Hall–Kier alpha value is -0.530. The van der Waals surface area contributed by atoms with Gasteiger partial charge in [0.1, 0.15) is 6.10 Å². The topological polar surface area (TPSA) is 26.3 Å². The lowest BCUT2D eigenvalue weighted by Gasteiger charge is -2.61. The molecule has 4 saturated carbocycles. The molecule has 4 fully saturated rings. The minimum Gasteiger partial charge on any atom is -0.462 e. The van der Waals surface area contributed by atoms with Gasteiger partial charge in [-0.3, -0.25) is 4.79 Å². The van der Waals surface area contributed by atoms with E-state index in [1.165, 1.54) is 180 Å². The standard InChI is InChI=1S/C49H90O2/c1-7-8-9-10-11-12-13-14-15-16-17-18-19-20-21-22-23-24-25-29-47(50)51-42-34-36-48(5)41(38-42)30-31-43-45-33-32-44(40(4)28-26-27-39(2)3)49(45,6)37-35-46(43)48/h39-46H,7-38H2,1-6H3/t40-,41?,42?,43+,44-,45+,46+,48+,49-/m1/s1. The van der Waals surface area contributed by atoms with E-state index in [0.29, 0.717) is 17.3 Å². The van der Waals surface area contributed by atoms with E-state index in [9.17, 15) is 4.79 Å². The maximum Gasteiger partial charge on any atom is 0.306 e. The highest BCUT2D eigenvalue weighted by atomic mass is 16.5. The normalized spacial score (nSPS) is 32.4. The van der Waals surface area contributed by atoms with Crippen LogP contribution in [0, 0.1) is 52.3 Å². The lowest BCUT2D eigenvalue weighted by atomic mass is 9.44. The molecule has 4 rings (SSSR count). The molecule has 0 bridgehead atoms. The number of esters is 1. The third-order valence-electron chi connectivity index (χ3n) is 16.1. The first-order valence-electron chi connectivity index (χ1n) is 23.9. The van der Waals surface area contributed by atoms with Crippen LogP contribution in [0.15, 0.2) is 0 Å². The quantitative estimate of drug-likeness (QED) is 0.0660. The number of hydrogen-bond donors (Lipinski definition) is 0. The van der Waals surface area contributed by atoms with Crippen LogP contribution in [0.25, 0.3) is 0 Å². The van der Waals surface area contributed by atoms with Crippen LogP contribution in [0.4, 0.5) is 0 Å². The molecule has 0 amide bonds. The van der Waals surface area contributed by atoms with Crippen LogP contribution in [0.3, 0.4) is 0 Å². The summed E-state index contributed by atoms with van der Waals surface area (Å²) in [5, 5.41) is 0. The number of ether oxygens (including phenoxy) is 1. The molecular weight excluding hydrogens is 621 g/mol. The minimum absolute atomic E-state index is 0.0946. The fourth-order valence-electron chi connectivity index (χ4n) is 12.9. The van der Waals surface area contributed by atoms with Crippen molar-refractivity contribution in [3.8, 4) is 0 Å². The molecule has 2 nitrogen and oxygen atoms in total. The molecule has 0 saturated heterocycles. The van der Waals surface area contributed by atoms with Crippen molar-refractivity contribution in [2.24, 2.45) is 52.3 Å². The van der Waals surface area contributed by atoms with E-state index >= 15 is 0 Å². The Kier molecular flexibility index (Phi) is 19.3. The highest BCUT2D eigenvalue weighted by Crippen LogP contribution is 2.68. The summed E-state index contributed by atoms with van der Waals surface area (Å²) in [4.78, 5) is 12.9. The van der Waals surface area contributed by atoms with Crippen LogP contribution in [-0.2, 0) is 9.53 Å². The van der Waals surface area contributed by atoms with Gasteiger partial charge in [0.2, 0.25) is 0 Å². The summed E-state index contributed by atoms with van der Waals surface area (Å²) < 4.78 is 6.19. The van der Waals surface area contributed by atoms with E-state index in [2.05, 4.69) is 41.5 Å². The highest BCUT2D eigenvalue weighted by Gasteiger charge is 2.60. The molecule has 0 aromatic carbocycles. The predicted octanol–water partition coefficient (Wildman–Crippen LogP) is 15.8. The fraction of sp³-hybridized carbons (Fsp3) is 0.980. The Balaban J connectivity index is 1.02. The first-order chi connectivity index (χ1) is 24.7. The summed E-state index contributed by atoms with van der Waals surface area (Å²) in [6, 6.07) is 0. The molecule has 0 N–H and O–H groups in total. The van der Waals surface area contributed by atoms with E-state index in [1.54, 1.807) is 0 Å². The first kappa shape index (κ1) is 43.2. The molecule has 0 spiro atoms. The monoisotopic (exact) mass is 711 g/mol. The van der Waals surface area contributed by atoms with E-state index in [0.717, 1.165) is 60.7 Å². The zero-order chi connectivity index (χ0) is 36.5. The maximum absolute atomic E-state index is 12.9. The summed E-state index contributed by atoms with van der Waals surface area (Å²) in [7, 11) is 0. The summed E-state index contributed by atoms with van der Waals surface area (Å²) in [5.74, 6) is 6.36. The van der Waals surface area contributed by atoms with Gasteiger partial charge in [0.15, 0.2) is 0 Å². The Bertz CT molecular complexity index is 940. The van der Waals surface area contributed by atoms with Crippen LogP contribution in [-0.4, -0.2) is 12.1 Å². The SMILES string of the molecule is CCCCCCCCCCCCCCCCCCCCCC(=O)OC1CC[C@@]2(C)C(CC[C@H]3[C@@H]4CC[C@H]([C@H](C)CCCC(C)C)[C@@]4(C)CC[C@@H]32)C1. The summed E-state index contributed by atoms with van der Waals surface area (Å²) in [6.07, 6.45) is 43.8. The average Bonchev–Trinajstić information content (AvgIpc) is 3.46. The molecule has 2 unspecified atom stereocenters. The van der Waals surface area contributed by atoms with E-state index in [-0.39, 0.29) is 12.1 Å². The number of carbonyl (C=O) groups is 1. The van der Waals surface area contributed by atoms with E-state index in [4.69, 9.17) is 4.74 Å². The number of rotatable bonds is 26. The first-order valence-corrected chi connectivity index (χ1v) is 23.9. The van der Waals surface area contributed by atoms with Gasteiger partial charge in [-0.05, 0) is 116 Å². The summed E-state index contributed by atoms with van der Waals surface area (Å²) >= 11 is 0. The lowest BCUT2D eigenvalue weighted by Crippen LogP contribution is -2.54.